The summed E-state index contributed by atoms with van der Waals surface area (Å²) < 4.78 is 0. The summed E-state index contributed by atoms with van der Waals surface area (Å²) in [6, 6.07) is 5.29. The Morgan fingerprint density at radius 2 is 1.79 bits per heavy atom. The van der Waals surface area contributed by atoms with Crippen LogP contribution in [0.4, 0.5) is 0 Å². The predicted octanol–water partition coefficient (Wildman–Crippen LogP) is 3.25. The molecule has 0 heterocycles. The highest BCUT2D eigenvalue weighted by molar-refractivity contribution is 6.37. The van der Waals surface area contributed by atoms with E-state index in [2.05, 4.69) is 5.43 Å². The van der Waals surface area contributed by atoms with E-state index in [9.17, 15) is 5.11 Å². The largest absolute Gasteiger partial charge is 0.384 e. The van der Waals surface area contributed by atoms with Gasteiger partial charge in [0.15, 0.2) is 0 Å². The number of nitrogens with two attached hydrogens (primary N) is 1. The second-order valence-electron chi connectivity index (χ2n) is 5.52. The van der Waals surface area contributed by atoms with E-state index in [-0.39, 0.29) is 12.0 Å². The lowest BCUT2D eigenvalue weighted by Gasteiger charge is -2.37. The molecule has 1 atom stereocenters. The smallest absolute Gasteiger partial charge is 0.102 e. The van der Waals surface area contributed by atoms with Crippen molar-refractivity contribution in [1.82, 2.24) is 5.43 Å². The van der Waals surface area contributed by atoms with Gasteiger partial charge in [-0.3, -0.25) is 11.3 Å². The Kier molecular flexibility index (Phi) is 5.42. The van der Waals surface area contributed by atoms with Crippen LogP contribution in [-0.4, -0.2) is 17.3 Å². The molecule has 106 valence electrons. The summed E-state index contributed by atoms with van der Waals surface area (Å²) in [4.78, 5) is 0. The summed E-state index contributed by atoms with van der Waals surface area (Å²) in [6.07, 6.45) is 3.41. The molecule has 0 saturated carbocycles. The Hall–Kier alpha value is -0.580. The molecule has 0 saturated heterocycles. The van der Waals surface area contributed by atoms with E-state index in [0.717, 1.165) is 0 Å². The summed E-state index contributed by atoms with van der Waals surface area (Å²) >= 11 is 12.2. The molecule has 1 unspecified atom stereocenters. The van der Waals surface area contributed by atoms with Gasteiger partial charge in [-0.15, -0.1) is 0 Å². The molecule has 0 fully saturated rings. The molecule has 5 heteroatoms. The third-order valence-electron chi connectivity index (χ3n) is 3.20. The quantitative estimate of drug-likeness (QED) is 0.591. The van der Waals surface area contributed by atoms with Crippen molar-refractivity contribution < 1.29 is 5.11 Å². The van der Waals surface area contributed by atoms with Crippen LogP contribution in [0, 0.1) is 5.41 Å². The highest BCUT2D eigenvalue weighted by Gasteiger charge is 2.37. The molecule has 1 rings (SSSR count). The Bertz CT molecular complexity index is 449. The normalized spacial score (nSPS) is 15.7. The van der Waals surface area contributed by atoms with Crippen LogP contribution in [-0.2, 0) is 0 Å². The summed E-state index contributed by atoms with van der Waals surface area (Å²) in [6.45, 7) is 6.03. The summed E-state index contributed by atoms with van der Waals surface area (Å²) in [7, 11) is 0. The molecule has 0 amide bonds. The van der Waals surface area contributed by atoms with Gasteiger partial charge in [0.25, 0.3) is 0 Å². The molecule has 3 nitrogen and oxygen atoms in total. The average Bonchev–Trinajstić information content (AvgIpc) is 2.27. The number of rotatable bonds is 4. The number of nitrogens with one attached hydrogen (secondary N) is 1. The van der Waals surface area contributed by atoms with Crippen LogP contribution in [0.1, 0.15) is 26.3 Å². The van der Waals surface area contributed by atoms with Crippen LogP contribution in [0.3, 0.4) is 0 Å². The molecule has 0 spiro atoms. The minimum Gasteiger partial charge on any atom is -0.384 e. The van der Waals surface area contributed by atoms with E-state index in [4.69, 9.17) is 29.0 Å². The van der Waals surface area contributed by atoms with Gasteiger partial charge in [-0.25, -0.2) is 0 Å². The molecule has 19 heavy (non-hydrogen) atoms. The highest BCUT2D eigenvalue weighted by atomic mass is 35.5. The van der Waals surface area contributed by atoms with E-state index < -0.39 is 5.60 Å². The molecular weight excluding hydrogens is 283 g/mol. The topological polar surface area (TPSA) is 58.3 Å². The van der Waals surface area contributed by atoms with E-state index >= 15 is 0 Å². The van der Waals surface area contributed by atoms with Gasteiger partial charge in [-0.2, -0.15) is 0 Å². The number of hydrogen-bond acceptors (Lipinski definition) is 3. The Balaban J connectivity index is 3.13. The number of hydrogen-bond donors (Lipinski definition) is 3. The van der Waals surface area contributed by atoms with Crippen LogP contribution in [0.25, 0.3) is 6.08 Å². The second-order valence-corrected chi connectivity index (χ2v) is 6.34. The lowest BCUT2D eigenvalue weighted by molar-refractivity contribution is -0.0116. The predicted molar refractivity (Wildman–Crippen MR) is 82.1 cm³/mol. The Morgan fingerprint density at radius 1 is 1.26 bits per heavy atom. The maximum absolute atomic E-state index is 10.7. The molecule has 0 radical (unpaired) electrons. The molecule has 0 aromatic heterocycles. The Labute approximate surface area is 124 Å². The van der Waals surface area contributed by atoms with E-state index in [1.807, 2.05) is 20.8 Å². The van der Waals surface area contributed by atoms with Gasteiger partial charge < -0.3 is 5.11 Å². The zero-order chi connectivity index (χ0) is 14.7. The first-order chi connectivity index (χ1) is 8.71. The molecule has 0 aliphatic rings. The molecule has 1 aromatic carbocycles. The van der Waals surface area contributed by atoms with Crippen molar-refractivity contribution in [2.24, 2.45) is 11.3 Å². The van der Waals surface area contributed by atoms with Crippen LogP contribution in [0.15, 0.2) is 24.3 Å². The molecule has 1 aromatic rings. The first-order valence-electron chi connectivity index (χ1n) is 6.00. The molecule has 0 aliphatic heterocycles. The van der Waals surface area contributed by atoms with Crippen molar-refractivity contribution in [3.05, 3.63) is 39.9 Å². The number of aliphatic hydroxyl groups is 1. The van der Waals surface area contributed by atoms with Crippen molar-refractivity contribution in [3.63, 3.8) is 0 Å². The standard InChI is InChI=1S/C14H20Cl2N2O/c1-13(2,3)14(19,9-18-17)8-7-10-11(15)5-4-6-12(10)16/h4-8,18-19H,9,17H2,1-3H3. The van der Waals surface area contributed by atoms with Gasteiger partial charge in [0.1, 0.15) is 5.60 Å². The van der Waals surface area contributed by atoms with E-state index in [0.29, 0.717) is 15.6 Å². The van der Waals surface area contributed by atoms with Crippen LogP contribution in [0.2, 0.25) is 10.0 Å². The second kappa shape index (κ2) is 6.25. The van der Waals surface area contributed by atoms with E-state index in [1.54, 1.807) is 30.4 Å². The fourth-order valence-electron chi connectivity index (χ4n) is 1.62. The monoisotopic (exact) mass is 302 g/mol. The summed E-state index contributed by atoms with van der Waals surface area (Å²) in [5, 5.41) is 11.8. The average molecular weight is 303 g/mol. The SMILES string of the molecule is CC(C)(C)C(O)(C=Cc1c(Cl)cccc1Cl)CNN. The first-order valence-corrected chi connectivity index (χ1v) is 6.76. The van der Waals surface area contributed by atoms with Crippen molar-refractivity contribution in [2.45, 2.75) is 26.4 Å². The maximum Gasteiger partial charge on any atom is 0.102 e. The van der Waals surface area contributed by atoms with Crippen LogP contribution < -0.4 is 11.3 Å². The first kappa shape index (κ1) is 16.5. The Morgan fingerprint density at radius 3 is 2.21 bits per heavy atom. The minimum absolute atomic E-state index is 0.231. The van der Waals surface area contributed by atoms with Gasteiger partial charge in [0, 0.05) is 22.2 Å². The third-order valence-corrected chi connectivity index (χ3v) is 3.85. The van der Waals surface area contributed by atoms with Gasteiger partial charge in [-0.1, -0.05) is 62.2 Å². The van der Waals surface area contributed by atoms with Crippen molar-refractivity contribution in [1.29, 1.82) is 0 Å². The van der Waals surface area contributed by atoms with Gasteiger partial charge in [0.05, 0.1) is 0 Å². The number of benzene rings is 1. The molecule has 0 aliphatic carbocycles. The van der Waals surface area contributed by atoms with Gasteiger partial charge in [-0.05, 0) is 17.5 Å². The lowest BCUT2D eigenvalue weighted by Crippen LogP contribution is -2.50. The third kappa shape index (κ3) is 3.94. The highest BCUT2D eigenvalue weighted by Crippen LogP contribution is 2.33. The summed E-state index contributed by atoms with van der Waals surface area (Å²) in [5.41, 5.74) is 1.71. The number of hydrazine groups is 1. The lowest BCUT2D eigenvalue weighted by atomic mass is 9.76. The number of halogens is 2. The van der Waals surface area contributed by atoms with Crippen LogP contribution >= 0.6 is 23.2 Å². The fraction of sp³-hybridized carbons (Fsp3) is 0.429. The molecule has 4 N–H and O–H groups in total. The van der Waals surface area contributed by atoms with E-state index in [1.165, 1.54) is 0 Å². The van der Waals surface area contributed by atoms with Gasteiger partial charge >= 0.3 is 0 Å². The van der Waals surface area contributed by atoms with Crippen LogP contribution in [0.5, 0.6) is 0 Å². The van der Waals surface area contributed by atoms with Gasteiger partial charge in [0.2, 0.25) is 0 Å². The van der Waals surface area contributed by atoms with Crippen molar-refractivity contribution in [2.75, 3.05) is 6.54 Å². The zero-order valence-corrected chi connectivity index (χ0v) is 12.9. The maximum atomic E-state index is 10.7. The van der Waals surface area contributed by atoms with Crippen molar-refractivity contribution in [3.8, 4) is 0 Å². The fourth-order valence-corrected chi connectivity index (χ4v) is 2.14. The van der Waals surface area contributed by atoms with Crippen molar-refractivity contribution >= 4 is 29.3 Å². The summed E-state index contributed by atoms with van der Waals surface area (Å²) in [5.74, 6) is 5.34. The molecular formula is C14H20Cl2N2O. The molecule has 0 bridgehead atoms. The minimum atomic E-state index is -1.11. The zero-order valence-electron chi connectivity index (χ0n) is 11.4.